The molecule has 3 atom stereocenters. The minimum Gasteiger partial charge on any atom is -0.497 e. The first-order valence-electron chi connectivity index (χ1n) is 7.52. The van der Waals surface area contributed by atoms with E-state index in [-0.39, 0.29) is 6.04 Å². The average Bonchev–Trinajstić information content (AvgIpc) is 2.45. The van der Waals surface area contributed by atoms with Crippen molar-refractivity contribution in [1.82, 2.24) is 4.90 Å². The van der Waals surface area contributed by atoms with Gasteiger partial charge in [0.15, 0.2) is 0 Å². The number of hydrogen-bond acceptors (Lipinski definition) is 3. The molecule has 0 aromatic heterocycles. The number of hydrogen-bond donors (Lipinski definition) is 1. The Morgan fingerprint density at radius 3 is 2.60 bits per heavy atom. The predicted molar refractivity (Wildman–Crippen MR) is 82.1 cm³/mol. The Kier molecular flexibility index (Phi) is 4.71. The summed E-state index contributed by atoms with van der Waals surface area (Å²) in [4.78, 5) is 2.34. The van der Waals surface area contributed by atoms with Gasteiger partial charge < -0.3 is 9.84 Å². The molecule has 0 bridgehead atoms. The van der Waals surface area contributed by atoms with Gasteiger partial charge in [-0.25, -0.2) is 0 Å². The van der Waals surface area contributed by atoms with Crippen LogP contribution in [-0.2, 0) is 6.42 Å². The predicted octanol–water partition coefficient (Wildman–Crippen LogP) is 3.02. The lowest BCUT2D eigenvalue weighted by Crippen LogP contribution is -2.46. The minimum atomic E-state index is -0.407. The van der Waals surface area contributed by atoms with Crippen LogP contribution in [-0.4, -0.2) is 36.2 Å². The van der Waals surface area contributed by atoms with Crippen molar-refractivity contribution < 1.29 is 9.84 Å². The Balaban J connectivity index is 2.21. The summed E-state index contributed by atoms with van der Waals surface area (Å²) in [6.45, 7) is 6.70. The van der Waals surface area contributed by atoms with E-state index >= 15 is 0 Å². The maximum absolute atomic E-state index is 10.7. The van der Waals surface area contributed by atoms with Gasteiger partial charge in [-0.15, -0.1) is 0 Å². The zero-order chi connectivity index (χ0) is 14.9. The van der Waals surface area contributed by atoms with Gasteiger partial charge in [0.1, 0.15) is 5.75 Å². The Bertz CT molecular complexity index is 458. The molecule has 1 aliphatic rings. The lowest BCUT2D eigenvalue weighted by molar-refractivity contribution is 0.0214. The van der Waals surface area contributed by atoms with Crippen molar-refractivity contribution in [3.05, 3.63) is 29.3 Å². The van der Waals surface area contributed by atoms with Crippen molar-refractivity contribution in [3.8, 4) is 5.75 Å². The molecule has 0 saturated heterocycles. The molecule has 1 aromatic carbocycles. The Morgan fingerprint density at radius 1 is 1.30 bits per heavy atom. The number of aliphatic hydroxyl groups is 1. The molecule has 0 spiro atoms. The normalized spacial score (nSPS) is 23.8. The monoisotopic (exact) mass is 277 g/mol. The molecule has 0 amide bonds. The van der Waals surface area contributed by atoms with Crippen LogP contribution < -0.4 is 4.74 Å². The van der Waals surface area contributed by atoms with E-state index in [9.17, 15) is 5.11 Å². The molecule has 1 aliphatic carbocycles. The molecule has 112 valence electrons. The number of nitrogens with zero attached hydrogens (tertiary/aromatic N) is 1. The summed E-state index contributed by atoms with van der Waals surface area (Å²) in [6.07, 6.45) is 1.59. The highest BCUT2D eigenvalue weighted by Gasteiger charge is 2.33. The third-order valence-corrected chi connectivity index (χ3v) is 4.87. The molecular formula is C17H27NO2. The number of aryl methyl sites for hydroxylation is 1. The number of methoxy groups -OCH3 is 1. The number of likely N-dealkylation sites (N-methyl/N-ethyl adjacent to an activating group) is 1. The van der Waals surface area contributed by atoms with Crippen molar-refractivity contribution in [3.63, 3.8) is 0 Å². The maximum Gasteiger partial charge on any atom is 0.119 e. The fourth-order valence-electron chi connectivity index (χ4n) is 3.08. The molecule has 0 heterocycles. The van der Waals surface area contributed by atoms with E-state index in [0.29, 0.717) is 12.0 Å². The molecule has 0 fully saturated rings. The Hall–Kier alpha value is -1.06. The number of benzene rings is 1. The van der Waals surface area contributed by atoms with E-state index in [4.69, 9.17) is 4.74 Å². The van der Waals surface area contributed by atoms with E-state index in [0.717, 1.165) is 24.2 Å². The third-order valence-electron chi connectivity index (χ3n) is 4.87. The van der Waals surface area contributed by atoms with Crippen LogP contribution >= 0.6 is 0 Å². The first kappa shape index (κ1) is 15.3. The van der Waals surface area contributed by atoms with Crippen LogP contribution in [0.1, 0.15) is 44.4 Å². The van der Waals surface area contributed by atoms with Gasteiger partial charge in [-0.3, -0.25) is 4.90 Å². The van der Waals surface area contributed by atoms with Crippen molar-refractivity contribution in [2.24, 2.45) is 5.92 Å². The second kappa shape index (κ2) is 6.15. The summed E-state index contributed by atoms with van der Waals surface area (Å²) in [7, 11) is 3.81. The van der Waals surface area contributed by atoms with Gasteiger partial charge in [-0.2, -0.15) is 0 Å². The Labute approximate surface area is 122 Å². The summed E-state index contributed by atoms with van der Waals surface area (Å²) in [6, 6.07) is 6.68. The topological polar surface area (TPSA) is 32.7 Å². The summed E-state index contributed by atoms with van der Waals surface area (Å²) in [5.41, 5.74) is 2.28. The van der Waals surface area contributed by atoms with Crippen LogP contribution in [0.2, 0.25) is 0 Å². The molecule has 0 aliphatic heterocycles. The smallest absolute Gasteiger partial charge is 0.119 e. The van der Waals surface area contributed by atoms with E-state index in [1.807, 2.05) is 12.1 Å². The molecule has 0 saturated carbocycles. The first-order valence-corrected chi connectivity index (χ1v) is 7.52. The average molecular weight is 277 g/mol. The number of aliphatic hydroxyl groups excluding tert-OH is 1. The zero-order valence-corrected chi connectivity index (χ0v) is 13.3. The van der Waals surface area contributed by atoms with Crippen molar-refractivity contribution in [1.29, 1.82) is 0 Å². The molecule has 20 heavy (non-hydrogen) atoms. The molecule has 1 N–H and O–H groups in total. The highest BCUT2D eigenvalue weighted by Crippen LogP contribution is 2.35. The van der Waals surface area contributed by atoms with Crippen molar-refractivity contribution >= 4 is 0 Å². The van der Waals surface area contributed by atoms with Crippen LogP contribution in [0.15, 0.2) is 18.2 Å². The maximum atomic E-state index is 10.7. The Morgan fingerprint density at radius 2 is 2.00 bits per heavy atom. The number of rotatable bonds is 4. The van der Waals surface area contributed by atoms with Crippen LogP contribution in [0.25, 0.3) is 0 Å². The molecule has 3 unspecified atom stereocenters. The lowest BCUT2D eigenvalue weighted by Gasteiger charge is -2.41. The van der Waals surface area contributed by atoms with E-state index in [1.165, 1.54) is 5.56 Å². The fraction of sp³-hybridized carbons (Fsp3) is 0.647. The summed E-state index contributed by atoms with van der Waals surface area (Å²) in [5.74, 6) is 1.46. The molecular weight excluding hydrogens is 250 g/mol. The summed E-state index contributed by atoms with van der Waals surface area (Å²) in [5, 5.41) is 10.7. The van der Waals surface area contributed by atoms with Crippen molar-refractivity contribution in [2.45, 2.75) is 51.8 Å². The van der Waals surface area contributed by atoms with E-state index < -0.39 is 6.10 Å². The first-order chi connectivity index (χ1) is 9.45. The van der Waals surface area contributed by atoms with Crippen LogP contribution in [0.3, 0.4) is 0 Å². The minimum absolute atomic E-state index is 0.202. The fourth-order valence-corrected chi connectivity index (χ4v) is 3.08. The lowest BCUT2D eigenvalue weighted by atomic mass is 9.84. The molecule has 0 radical (unpaired) electrons. The quantitative estimate of drug-likeness (QED) is 0.918. The summed E-state index contributed by atoms with van der Waals surface area (Å²) >= 11 is 0. The zero-order valence-electron chi connectivity index (χ0n) is 13.3. The standard InChI is InChI=1S/C17H27NO2/c1-11(2)12(3)18(4)16-9-6-13-10-14(20-5)7-8-15(13)17(16)19/h7-8,10-12,16-17,19H,6,9H2,1-5H3. The third kappa shape index (κ3) is 2.84. The van der Waals surface area contributed by atoms with Gasteiger partial charge in [0, 0.05) is 12.1 Å². The van der Waals surface area contributed by atoms with E-state index in [1.54, 1.807) is 7.11 Å². The highest BCUT2D eigenvalue weighted by atomic mass is 16.5. The molecule has 2 rings (SSSR count). The second-order valence-corrected chi connectivity index (χ2v) is 6.27. The largest absolute Gasteiger partial charge is 0.497 e. The van der Waals surface area contributed by atoms with Crippen molar-refractivity contribution in [2.75, 3.05) is 14.2 Å². The van der Waals surface area contributed by atoms with Crippen LogP contribution in [0.4, 0.5) is 0 Å². The summed E-state index contributed by atoms with van der Waals surface area (Å²) < 4.78 is 5.27. The highest BCUT2D eigenvalue weighted by molar-refractivity contribution is 5.39. The van der Waals surface area contributed by atoms with Crippen LogP contribution in [0.5, 0.6) is 5.75 Å². The SMILES string of the molecule is COc1ccc2c(c1)CCC(N(C)C(C)C(C)C)C2O. The van der Waals surface area contributed by atoms with Gasteiger partial charge in [-0.1, -0.05) is 19.9 Å². The molecule has 3 nitrogen and oxygen atoms in total. The second-order valence-electron chi connectivity index (χ2n) is 6.27. The van der Waals surface area contributed by atoms with Gasteiger partial charge in [0.05, 0.1) is 13.2 Å². The van der Waals surface area contributed by atoms with Gasteiger partial charge in [0.2, 0.25) is 0 Å². The van der Waals surface area contributed by atoms with E-state index in [2.05, 4.69) is 38.8 Å². The van der Waals surface area contributed by atoms with Gasteiger partial charge in [-0.05, 0) is 56.0 Å². The number of fused-ring (bicyclic) bond motifs is 1. The number of ether oxygens (including phenoxy) is 1. The van der Waals surface area contributed by atoms with Gasteiger partial charge >= 0.3 is 0 Å². The van der Waals surface area contributed by atoms with Crippen LogP contribution in [0, 0.1) is 5.92 Å². The molecule has 3 heteroatoms. The molecule has 1 aromatic rings. The van der Waals surface area contributed by atoms with Gasteiger partial charge in [0.25, 0.3) is 0 Å².